The third-order valence-corrected chi connectivity index (χ3v) is 6.70. The predicted octanol–water partition coefficient (Wildman–Crippen LogP) is 4.96. The van der Waals surface area contributed by atoms with Crippen molar-refractivity contribution in [2.75, 3.05) is 27.2 Å². The molecule has 6 aromatic rings. The van der Waals surface area contributed by atoms with Crippen molar-refractivity contribution in [3.8, 4) is 39.7 Å². The Kier molecular flexibility index (Phi) is 5.88. The summed E-state index contributed by atoms with van der Waals surface area (Å²) in [7, 11) is 5.91. The van der Waals surface area contributed by atoms with E-state index in [4.69, 9.17) is 4.74 Å². The lowest BCUT2D eigenvalue weighted by molar-refractivity contribution is 0.260. The van der Waals surface area contributed by atoms with Crippen LogP contribution < -0.4 is 4.74 Å². The molecule has 5 aromatic heterocycles. The summed E-state index contributed by atoms with van der Waals surface area (Å²) in [6, 6.07) is 10.7. The molecule has 0 atom stereocenters. The van der Waals surface area contributed by atoms with Gasteiger partial charge in [-0.15, -0.1) is 0 Å². The molecule has 5 heterocycles. The molecule has 0 aliphatic heterocycles. The number of likely N-dealkylation sites (N-methyl/N-ethyl adjacent to an activating group) is 1. The van der Waals surface area contributed by atoms with Crippen molar-refractivity contribution in [2.45, 2.75) is 6.92 Å². The lowest BCUT2D eigenvalue weighted by Gasteiger charge is -2.12. The van der Waals surface area contributed by atoms with Crippen LogP contribution in [0.5, 0.6) is 5.75 Å². The Labute approximate surface area is 218 Å². The largest absolute Gasteiger partial charge is 0.492 e. The van der Waals surface area contributed by atoms with Crippen LogP contribution in [0.25, 0.3) is 55.8 Å². The minimum Gasteiger partial charge on any atom is -0.492 e. The van der Waals surface area contributed by atoms with E-state index >= 15 is 0 Å². The summed E-state index contributed by atoms with van der Waals surface area (Å²) >= 11 is 0. The number of H-pyrrole nitrogens is 2. The van der Waals surface area contributed by atoms with Crippen LogP contribution in [0.1, 0.15) is 5.82 Å². The SMILES string of the molecule is Cc1ncc(-c2cnc3n[nH]c(-c4cc5c(-c6cc(F)cc(OCCN(C)C)c6)nccc5[nH]4)c3c2)n1C. The van der Waals surface area contributed by atoms with Crippen LogP contribution in [-0.2, 0) is 7.05 Å². The van der Waals surface area contributed by atoms with Crippen LogP contribution in [0, 0.1) is 12.7 Å². The smallest absolute Gasteiger partial charge is 0.181 e. The van der Waals surface area contributed by atoms with Crippen molar-refractivity contribution in [3.63, 3.8) is 0 Å². The highest BCUT2D eigenvalue weighted by Gasteiger charge is 2.17. The van der Waals surface area contributed by atoms with Gasteiger partial charge in [-0.1, -0.05) is 0 Å². The number of nitrogens with zero attached hydrogens (tertiary/aromatic N) is 6. The standard InChI is InChI=1S/C28H27FN8O/c1-16-31-15-25(37(16)4)18-11-22-27(34-35-28(22)32-14-18)24-13-21-23(33-24)5-6-30-26(21)17-9-19(29)12-20(10-17)38-8-7-36(2)3/h5-6,9-15,33H,7-8H2,1-4H3,(H,32,34,35). The number of aryl methyl sites for hydroxylation is 1. The molecular weight excluding hydrogens is 483 g/mol. The summed E-state index contributed by atoms with van der Waals surface area (Å²) in [5, 5.41) is 9.28. The molecule has 0 amide bonds. The van der Waals surface area contributed by atoms with Gasteiger partial charge in [0.25, 0.3) is 0 Å². The van der Waals surface area contributed by atoms with Gasteiger partial charge in [0, 0.05) is 59.5 Å². The number of aromatic amines is 2. The molecule has 38 heavy (non-hydrogen) atoms. The van der Waals surface area contributed by atoms with E-state index in [0.29, 0.717) is 29.3 Å². The predicted molar refractivity (Wildman–Crippen MR) is 145 cm³/mol. The van der Waals surface area contributed by atoms with Gasteiger partial charge in [-0.2, -0.15) is 5.10 Å². The minimum atomic E-state index is -0.375. The van der Waals surface area contributed by atoms with E-state index in [1.807, 2.05) is 61.9 Å². The Balaban J connectivity index is 1.41. The lowest BCUT2D eigenvalue weighted by Crippen LogP contribution is -2.19. The molecule has 0 unspecified atom stereocenters. The average Bonchev–Trinajstić information content (AvgIpc) is 3.59. The molecule has 9 nitrogen and oxygen atoms in total. The van der Waals surface area contributed by atoms with Crippen LogP contribution >= 0.6 is 0 Å². The molecule has 0 aliphatic carbocycles. The number of rotatable bonds is 7. The van der Waals surface area contributed by atoms with E-state index < -0.39 is 0 Å². The van der Waals surface area contributed by atoms with Gasteiger partial charge < -0.3 is 19.2 Å². The van der Waals surface area contributed by atoms with Crippen LogP contribution in [0.2, 0.25) is 0 Å². The molecule has 0 saturated heterocycles. The van der Waals surface area contributed by atoms with Gasteiger partial charge in [0.1, 0.15) is 24.0 Å². The van der Waals surface area contributed by atoms with Crippen molar-refractivity contribution in [1.29, 1.82) is 0 Å². The topological polar surface area (TPSA) is 101 Å². The second-order valence-corrected chi connectivity index (χ2v) is 9.57. The number of benzene rings is 1. The average molecular weight is 511 g/mol. The summed E-state index contributed by atoms with van der Waals surface area (Å²) in [6.45, 7) is 3.16. The first kappa shape index (κ1) is 23.8. The fraction of sp³-hybridized carbons (Fsp3) is 0.214. The molecule has 1 aromatic carbocycles. The second kappa shape index (κ2) is 9.38. The Morgan fingerprint density at radius 2 is 1.87 bits per heavy atom. The first-order valence-electron chi connectivity index (χ1n) is 12.3. The van der Waals surface area contributed by atoms with E-state index in [-0.39, 0.29) is 5.82 Å². The summed E-state index contributed by atoms with van der Waals surface area (Å²) in [4.78, 5) is 19.0. The maximum absolute atomic E-state index is 14.6. The van der Waals surface area contributed by atoms with Crippen LogP contribution in [0.3, 0.4) is 0 Å². The van der Waals surface area contributed by atoms with Crippen molar-refractivity contribution in [1.82, 2.24) is 39.6 Å². The molecule has 0 aliphatic rings. The fourth-order valence-corrected chi connectivity index (χ4v) is 4.56. The van der Waals surface area contributed by atoms with Gasteiger partial charge in [-0.05, 0) is 51.4 Å². The number of ether oxygens (including phenoxy) is 1. The molecule has 192 valence electrons. The summed E-state index contributed by atoms with van der Waals surface area (Å²) < 4.78 is 22.4. The first-order chi connectivity index (χ1) is 18.4. The molecular formula is C28H27FN8O. The molecule has 0 bridgehead atoms. The number of imidazole rings is 1. The highest BCUT2D eigenvalue weighted by Crippen LogP contribution is 2.35. The van der Waals surface area contributed by atoms with E-state index in [2.05, 4.69) is 36.2 Å². The van der Waals surface area contributed by atoms with E-state index in [1.165, 1.54) is 12.1 Å². The monoisotopic (exact) mass is 510 g/mol. The molecule has 10 heteroatoms. The van der Waals surface area contributed by atoms with E-state index in [1.54, 1.807) is 12.4 Å². The Morgan fingerprint density at radius 3 is 2.66 bits per heavy atom. The fourth-order valence-electron chi connectivity index (χ4n) is 4.56. The minimum absolute atomic E-state index is 0.375. The van der Waals surface area contributed by atoms with Gasteiger partial charge in [-0.3, -0.25) is 10.1 Å². The molecule has 0 radical (unpaired) electrons. The highest BCUT2D eigenvalue weighted by molar-refractivity contribution is 6.00. The molecule has 0 spiro atoms. The van der Waals surface area contributed by atoms with Crippen LogP contribution in [0.15, 0.2) is 55.0 Å². The van der Waals surface area contributed by atoms with Crippen molar-refractivity contribution >= 4 is 21.9 Å². The molecule has 0 fully saturated rings. The number of fused-ring (bicyclic) bond motifs is 2. The zero-order valence-corrected chi connectivity index (χ0v) is 21.6. The number of aromatic nitrogens is 7. The van der Waals surface area contributed by atoms with Gasteiger partial charge in [0.05, 0.1) is 29.0 Å². The Bertz CT molecular complexity index is 1780. The maximum Gasteiger partial charge on any atom is 0.181 e. The van der Waals surface area contributed by atoms with Gasteiger partial charge >= 0.3 is 0 Å². The number of nitrogens with one attached hydrogen (secondary N) is 2. The lowest BCUT2D eigenvalue weighted by atomic mass is 10.1. The third-order valence-electron chi connectivity index (χ3n) is 6.70. The quantitative estimate of drug-likeness (QED) is 0.315. The summed E-state index contributed by atoms with van der Waals surface area (Å²) in [5.41, 5.74) is 6.35. The number of halogens is 1. The van der Waals surface area contributed by atoms with E-state index in [0.717, 1.165) is 51.3 Å². The number of pyridine rings is 2. The van der Waals surface area contributed by atoms with Crippen LogP contribution in [0.4, 0.5) is 4.39 Å². The van der Waals surface area contributed by atoms with Gasteiger partial charge in [0.2, 0.25) is 0 Å². The second-order valence-electron chi connectivity index (χ2n) is 9.57. The van der Waals surface area contributed by atoms with Gasteiger partial charge in [-0.25, -0.2) is 14.4 Å². The number of hydrogen-bond acceptors (Lipinski definition) is 6. The normalized spacial score (nSPS) is 11.7. The van der Waals surface area contributed by atoms with Crippen molar-refractivity contribution < 1.29 is 9.13 Å². The van der Waals surface area contributed by atoms with Gasteiger partial charge in [0.15, 0.2) is 5.65 Å². The first-order valence-corrected chi connectivity index (χ1v) is 12.3. The van der Waals surface area contributed by atoms with Crippen molar-refractivity contribution in [3.05, 3.63) is 66.6 Å². The van der Waals surface area contributed by atoms with Crippen LogP contribution in [-0.4, -0.2) is 66.8 Å². The Morgan fingerprint density at radius 1 is 1.00 bits per heavy atom. The zero-order valence-electron chi connectivity index (χ0n) is 21.6. The summed E-state index contributed by atoms with van der Waals surface area (Å²) in [6.07, 6.45) is 5.36. The maximum atomic E-state index is 14.6. The van der Waals surface area contributed by atoms with Crippen molar-refractivity contribution in [2.24, 2.45) is 7.05 Å². The highest BCUT2D eigenvalue weighted by atomic mass is 19.1. The number of hydrogen-bond donors (Lipinski definition) is 2. The Hall–Kier alpha value is -4.57. The zero-order chi connectivity index (χ0) is 26.4. The third kappa shape index (κ3) is 4.28. The summed E-state index contributed by atoms with van der Waals surface area (Å²) in [5.74, 6) is 1.02. The van der Waals surface area contributed by atoms with E-state index in [9.17, 15) is 4.39 Å². The molecule has 6 rings (SSSR count). The molecule has 0 saturated carbocycles. The molecule has 2 N–H and O–H groups in total.